The number of allylic oxidation sites excluding steroid dienone is 8. The Balaban J connectivity index is 4.33. The minimum atomic E-state index is -4.38. The number of nitrogens with zero attached hydrogens (tertiary/aromatic N) is 1. The Morgan fingerprint density at radius 2 is 1.02 bits per heavy atom. The summed E-state index contributed by atoms with van der Waals surface area (Å²) >= 11 is 0. The van der Waals surface area contributed by atoms with Crippen molar-refractivity contribution >= 4 is 19.8 Å². The number of esters is 2. The standard InChI is InChI=1S/C46H84NO8P/c1-6-8-10-12-14-16-18-20-21-22-23-24-25-27-28-30-32-34-36-38-45(48)52-42-44(43-54-56(50,51)53-41-40-47(3,4)5)55-46(49)39-37-35-33-31-29-26-19-17-15-13-11-9-7-2/h9,11,13,15,17,19,26,29,44H,6-8,10,12,14,16,18,20-25,27-28,30-43H2,1-5H3/p+1/b11-9+,15-13+,19-17+,29-26+. The fraction of sp³-hybridized carbons (Fsp3) is 0.783. The van der Waals surface area contributed by atoms with E-state index in [2.05, 4.69) is 26.0 Å². The van der Waals surface area contributed by atoms with Crippen LogP contribution >= 0.6 is 7.82 Å². The topological polar surface area (TPSA) is 108 Å². The molecule has 0 saturated carbocycles. The number of phosphoric acid groups is 1. The number of ether oxygens (including phenoxy) is 2. The first-order chi connectivity index (χ1) is 27.0. The van der Waals surface area contributed by atoms with Crippen LogP contribution in [0.3, 0.4) is 0 Å². The molecule has 10 heteroatoms. The van der Waals surface area contributed by atoms with Gasteiger partial charge in [-0.25, -0.2) is 4.57 Å². The first-order valence-corrected chi connectivity index (χ1v) is 23.9. The molecule has 0 aromatic carbocycles. The van der Waals surface area contributed by atoms with Crippen LogP contribution in [0.5, 0.6) is 0 Å². The molecule has 0 amide bonds. The van der Waals surface area contributed by atoms with Crippen LogP contribution in [-0.4, -0.2) is 74.9 Å². The summed E-state index contributed by atoms with van der Waals surface area (Å²) < 4.78 is 34.2. The highest BCUT2D eigenvalue weighted by molar-refractivity contribution is 7.47. The molecule has 2 unspecified atom stereocenters. The van der Waals surface area contributed by atoms with Gasteiger partial charge in [-0.2, -0.15) is 0 Å². The number of unbranched alkanes of at least 4 members (excludes halogenated alkanes) is 21. The molecule has 0 aliphatic heterocycles. The number of carbonyl (C=O) groups is 2. The maximum atomic E-state index is 12.6. The van der Waals surface area contributed by atoms with E-state index in [1.165, 1.54) is 103 Å². The second-order valence-corrected chi connectivity index (χ2v) is 17.6. The summed E-state index contributed by atoms with van der Waals surface area (Å²) in [5, 5.41) is 0. The molecule has 0 radical (unpaired) electrons. The molecule has 0 aliphatic carbocycles. The van der Waals surface area contributed by atoms with E-state index in [1.807, 2.05) is 57.6 Å². The number of carbonyl (C=O) groups excluding carboxylic acids is 2. The average molecular weight is 811 g/mol. The quantitative estimate of drug-likeness (QED) is 0.0214. The Kier molecular flexibility index (Phi) is 37.1. The number of hydrogen-bond acceptors (Lipinski definition) is 7. The van der Waals surface area contributed by atoms with E-state index >= 15 is 0 Å². The van der Waals surface area contributed by atoms with E-state index in [0.29, 0.717) is 17.4 Å². The summed E-state index contributed by atoms with van der Waals surface area (Å²) in [6.45, 7) is 4.24. The molecule has 1 N–H and O–H groups in total. The van der Waals surface area contributed by atoms with Gasteiger partial charge in [0.2, 0.25) is 0 Å². The summed E-state index contributed by atoms with van der Waals surface area (Å²) in [5.41, 5.74) is 0. The van der Waals surface area contributed by atoms with Crippen LogP contribution in [0.1, 0.15) is 181 Å². The first-order valence-electron chi connectivity index (χ1n) is 22.4. The van der Waals surface area contributed by atoms with E-state index in [1.54, 1.807) is 0 Å². The van der Waals surface area contributed by atoms with Crippen molar-refractivity contribution in [3.8, 4) is 0 Å². The zero-order valence-electron chi connectivity index (χ0n) is 36.6. The van der Waals surface area contributed by atoms with Gasteiger partial charge in [-0.15, -0.1) is 0 Å². The van der Waals surface area contributed by atoms with Gasteiger partial charge >= 0.3 is 19.8 Å². The fourth-order valence-corrected chi connectivity index (χ4v) is 6.71. The third-order valence-corrected chi connectivity index (χ3v) is 10.5. The van der Waals surface area contributed by atoms with E-state index in [9.17, 15) is 19.0 Å². The number of hydrogen-bond donors (Lipinski definition) is 1. The lowest BCUT2D eigenvalue weighted by atomic mass is 10.0. The van der Waals surface area contributed by atoms with Crippen LogP contribution in [0.25, 0.3) is 0 Å². The molecule has 9 nitrogen and oxygen atoms in total. The largest absolute Gasteiger partial charge is 0.472 e. The van der Waals surface area contributed by atoms with Crippen molar-refractivity contribution in [1.29, 1.82) is 0 Å². The van der Waals surface area contributed by atoms with Gasteiger partial charge in [0.1, 0.15) is 19.8 Å². The van der Waals surface area contributed by atoms with Crippen molar-refractivity contribution in [2.45, 2.75) is 187 Å². The molecule has 0 rings (SSSR count). The zero-order chi connectivity index (χ0) is 41.4. The predicted octanol–water partition coefficient (Wildman–Crippen LogP) is 12.7. The Labute approximate surface area is 343 Å². The molecular formula is C46H85NO8P+. The van der Waals surface area contributed by atoms with Crippen molar-refractivity contribution in [2.75, 3.05) is 47.5 Å². The van der Waals surface area contributed by atoms with Gasteiger partial charge in [0.05, 0.1) is 27.7 Å². The van der Waals surface area contributed by atoms with Gasteiger partial charge in [0, 0.05) is 12.8 Å². The van der Waals surface area contributed by atoms with Crippen molar-refractivity contribution in [3.63, 3.8) is 0 Å². The van der Waals surface area contributed by atoms with E-state index in [4.69, 9.17) is 18.5 Å². The summed E-state index contributed by atoms with van der Waals surface area (Å²) in [4.78, 5) is 35.3. The highest BCUT2D eigenvalue weighted by Gasteiger charge is 2.27. The van der Waals surface area contributed by atoms with Gasteiger partial charge in [0.25, 0.3) is 0 Å². The van der Waals surface area contributed by atoms with Gasteiger partial charge in [-0.1, -0.05) is 184 Å². The molecule has 0 aliphatic rings. The number of phosphoric ester groups is 1. The third-order valence-electron chi connectivity index (χ3n) is 9.47. The SMILES string of the molecule is CC/C=C/C=C/C=C/C=C/CCCCCC(=O)OC(COC(=O)CCCCCCCCCCCCCCCCCCCCC)COP(=O)(O)OCC[N+](C)(C)C. The maximum Gasteiger partial charge on any atom is 0.472 e. The second kappa shape index (κ2) is 38.5. The Hall–Kier alpha value is -2.03. The third kappa shape index (κ3) is 41.6. The number of rotatable bonds is 40. The molecule has 0 fully saturated rings. The van der Waals surface area contributed by atoms with E-state index < -0.39 is 26.5 Å². The van der Waals surface area contributed by atoms with Crippen molar-refractivity contribution in [3.05, 3.63) is 48.6 Å². The molecule has 2 atom stereocenters. The lowest BCUT2D eigenvalue weighted by Crippen LogP contribution is -2.37. The summed E-state index contributed by atoms with van der Waals surface area (Å²) in [6.07, 6.45) is 44.5. The molecule has 0 aromatic heterocycles. The molecule has 0 heterocycles. The van der Waals surface area contributed by atoms with Crippen molar-refractivity contribution in [1.82, 2.24) is 0 Å². The van der Waals surface area contributed by atoms with Gasteiger partial charge in [0.15, 0.2) is 6.10 Å². The molecule has 56 heavy (non-hydrogen) atoms. The minimum absolute atomic E-state index is 0.0231. The van der Waals surface area contributed by atoms with E-state index in [-0.39, 0.29) is 32.0 Å². The van der Waals surface area contributed by atoms with E-state index in [0.717, 1.165) is 44.9 Å². The monoisotopic (exact) mass is 811 g/mol. The van der Waals surface area contributed by atoms with Crippen LogP contribution in [-0.2, 0) is 32.7 Å². The fourth-order valence-electron chi connectivity index (χ4n) is 5.97. The Morgan fingerprint density at radius 1 is 0.571 bits per heavy atom. The lowest BCUT2D eigenvalue weighted by molar-refractivity contribution is -0.870. The minimum Gasteiger partial charge on any atom is -0.462 e. The first kappa shape index (κ1) is 54.0. The Morgan fingerprint density at radius 3 is 1.52 bits per heavy atom. The smallest absolute Gasteiger partial charge is 0.462 e. The highest BCUT2D eigenvalue weighted by atomic mass is 31.2. The summed E-state index contributed by atoms with van der Waals surface area (Å²) in [6, 6.07) is 0. The van der Waals surface area contributed by atoms with Crippen LogP contribution < -0.4 is 0 Å². The van der Waals surface area contributed by atoms with Gasteiger partial charge < -0.3 is 18.9 Å². The molecule has 326 valence electrons. The summed E-state index contributed by atoms with van der Waals surface area (Å²) in [5.74, 6) is -0.841. The number of quaternary nitrogens is 1. The van der Waals surface area contributed by atoms with Crippen LogP contribution in [0.2, 0.25) is 0 Å². The van der Waals surface area contributed by atoms with Crippen LogP contribution in [0.4, 0.5) is 0 Å². The molecule has 0 spiro atoms. The molecular weight excluding hydrogens is 725 g/mol. The predicted molar refractivity (Wildman–Crippen MR) is 233 cm³/mol. The normalized spacial score (nSPS) is 14.0. The number of likely N-dealkylation sites (N-methyl/N-ethyl adjacent to an activating group) is 1. The molecule has 0 bridgehead atoms. The van der Waals surface area contributed by atoms with Gasteiger partial charge in [-0.05, 0) is 32.1 Å². The second-order valence-electron chi connectivity index (χ2n) is 16.2. The zero-order valence-corrected chi connectivity index (χ0v) is 37.5. The highest BCUT2D eigenvalue weighted by Crippen LogP contribution is 2.43. The average Bonchev–Trinajstić information content (AvgIpc) is 3.15. The van der Waals surface area contributed by atoms with Crippen LogP contribution in [0.15, 0.2) is 48.6 Å². The Bertz CT molecular complexity index is 1100. The lowest BCUT2D eigenvalue weighted by Gasteiger charge is -2.24. The van der Waals surface area contributed by atoms with Crippen LogP contribution in [0, 0.1) is 0 Å². The van der Waals surface area contributed by atoms with Crippen molar-refractivity contribution < 1.29 is 42.1 Å². The maximum absolute atomic E-state index is 12.6. The molecule has 0 aromatic rings. The van der Waals surface area contributed by atoms with Crippen molar-refractivity contribution in [2.24, 2.45) is 0 Å². The van der Waals surface area contributed by atoms with Gasteiger partial charge in [-0.3, -0.25) is 18.6 Å². The molecule has 0 saturated heterocycles. The summed E-state index contributed by atoms with van der Waals surface area (Å²) in [7, 11) is 1.45.